The summed E-state index contributed by atoms with van der Waals surface area (Å²) < 4.78 is 53.4. The number of hydrogen-bond acceptors (Lipinski definition) is 4. The first-order valence-electron chi connectivity index (χ1n) is 11.2. The van der Waals surface area contributed by atoms with Gasteiger partial charge < -0.3 is 19.9 Å². The first kappa shape index (κ1) is 27.0. The van der Waals surface area contributed by atoms with Crippen LogP contribution >= 0.6 is 0 Å². The number of benzene rings is 2. The minimum absolute atomic E-state index is 0.0272. The molecule has 0 spiro atoms. The van der Waals surface area contributed by atoms with Gasteiger partial charge in [-0.2, -0.15) is 4.39 Å². The fraction of sp³-hybridized carbons (Fsp3) is 0.440. The van der Waals surface area contributed by atoms with Crippen molar-refractivity contribution in [2.75, 3.05) is 13.7 Å². The maximum absolute atomic E-state index is 14.5. The summed E-state index contributed by atoms with van der Waals surface area (Å²) in [6, 6.07) is 7.17. The van der Waals surface area contributed by atoms with Gasteiger partial charge in [0.1, 0.15) is 12.4 Å². The quantitative estimate of drug-likeness (QED) is 0.498. The molecule has 0 heterocycles. The van der Waals surface area contributed by atoms with Gasteiger partial charge in [0.05, 0.1) is 18.6 Å². The summed E-state index contributed by atoms with van der Waals surface area (Å²) in [6.07, 6.45) is 2.18. The Labute approximate surface area is 197 Å². The van der Waals surface area contributed by atoms with Gasteiger partial charge >= 0.3 is 5.97 Å². The first-order chi connectivity index (χ1) is 16.3. The van der Waals surface area contributed by atoms with E-state index < -0.39 is 46.6 Å². The zero-order valence-electron chi connectivity index (χ0n) is 19.5. The zero-order valence-corrected chi connectivity index (χ0v) is 19.5. The van der Waals surface area contributed by atoms with Crippen LogP contribution in [-0.2, 0) is 11.4 Å². The Morgan fingerprint density at radius 3 is 2.21 bits per heavy atom. The van der Waals surface area contributed by atoms with Crippen molar-refractivity contribution in [2.45, 2.75) is 46.1 Å². The van der Waals surface area contributed by atoms with Gasteiger partial charge in [0, 0.05) is 6.54 Å². The number of nitrogens with one attached hydrogen (secondary N) is 1. The summed E-state index contributed by atoms with van der Waals surface area (Å²) >= 11 is 0. The van der Waals surface area contributed by atoms with Crippen molar-refractivity contribution in [3.05, 3.63) is 58.9 Å². The molecule has 1 aliphatic rings. The van der Waals surface area contributed by atoms with E-state index in [1.165, 1.54) is 7.11 Å². The highest BCUT2D eigenvalue weighted by molar-refractivity contribution is 5.94. The third-order valence-electron chi connectivity index (χ3n) is 5.65. The molecule has 0 aromatic heterocycles. The molecule has 0 unspecified atom stereocenters. The maximum Gasteiger partial charge on any atom is 0.306 e. The average molecular weight is 482 g/mol. The Morgan fingerprint density at radius 1 is 1.03 bits per heavy atom. The van der Waals surface area contributed by atoms with Gasteiger partial charge in [0.15, 0.2) is 17.4 Å². The smallest absolute Gasteiger partial charge is 0.306 e. The zero-order chi connectivity index (χ0) is 25.3. The van der Waals surface area contributed by atoms with E-state index >= 15 is 0 Å². The van der Waals surface area contributed by atoms with Gasteiger partial charge in [0.25, 0.3) is 5.91 Å². The fourth-order valence-electron chi connectivity index (χ4n) is 3.70. The fourth-order valence-corrected chi connectivity index (χ4v) is 3.70. The second kappa shape index (κ2) is 12.9. The molecule has 2 N–H and O–H groups in total. The minimum atomic E-state index is -1.58. The number of amides is 1. The molecule has 0 bridgehead atoms. The van der Waals surface area contributed by atoms with E-state index in [1.807, 2.05) is 13.8 Å². The monoisotopic (exact) mass is 481 g/mol. The molecule has 6 nitrogen and oxygen atoms in total. The van der Waals surface area contributed by atoms with Crippen LogP contribution in [0.3, 0.4) is 0 Å². The van der Waals surface area contributed by atoms with Crippen LogP contribution in [0.2, 0.25) is 0 Å². The molecule has 1 aliphatic carbocycles. The maximum atomic E-state index is 14.5. The highest BCUT2D eigenvalue weighted by atomic mass is 19.2. The molecule has 0 atom stereocenters. The Hall–Kier alpha value is -3.23. The molecule has 0 saturated heterocycles. The molecule has 0 radical (unpaired) electrons. The van der Waals surface area contributed by atoms with E-state index in [2.05, 4.69) is 5.32 Å². The summed E-state index contributed by atoms with van der Waals surface area (Å²) in [6.45, 7) is 3.96. The standard InChI is InChI=1S/C23H24F3NO5.C2H6/c1-31-16-8-4-14(5-9-16)12-32-21-18(24)10-17(19(25)20(21)26)22(28)27-11-13-2-6-15(7-3-13)23(29)30;1-2/h4-5,8-10,13,15H,2-3,6-7,11-12H2,1H3,(H,27,28)(H,29,30);1-2H3. The number of aliphatic carboxylic acids is 1. The van der Waals surface area contributed by atoms with Gasteiger partial charge in [-0.3, -0.25) is 9.59 Å². The van der Waals surface area contributed by atoms with Crippen LogP contribution in [0.25, 0.3) is 0 Å². The van der Waals surface area contributed by atoms with E-state index in [-0.39, 0.29) is 19.1 Å². The third kappa shape index (κ3) is 6.88. The van der Waals surface area contributed by atoms with E-state index in [0.717, 1.165) is 0 Å². The molecule has 2 aromatic rings. The van der Waals surface area contributed by atoms with Crippen molar-refractivity contribution >= 4 is 11.9 Å². The van der Waals surface area contributed by atoms with Crippen molar-refractivity contribution in [3.63, 3.8) is 0 Å². The molecule has 1 fully saturated rings. The molecular weight excluding hydrogens is 451 g/mol. The lowest BCUT2D eigenvalue weighted by molar-refractivity contribution is -0.143. The lowest BCUT2D eigenvalue weighted by Crippen LogP contribution is -2.33. The summed E-state index contributed by atoms with van der Waals surface area (Å²) in [5, 5.41) is 11.5. The van der Waals surface area contributed by atoms with Crippen LogP contribution < -0.4 is 14.8 Å². The lowest BCUT2D eigenvalue weighted by atomic mass is 9.82. The second-order valence-electron chi connectivity index (χ2n) is 7.77. The van der Waals surface area contributed by atoms with Crippen molar-refractivity contribution in [3.8, 4) is 11.5 Å². The molecule has 186 valence electrons. The molecule has 1 amide bonds. The first-order valence-corrected chi connectivity index (χ1v) is 11.2. The number of carbonyl (C=O) groups is 2. The van der Waals surface area contributed by atoms with Gasteiger partial charge in [0.2, 0.25) is 5.82 Å². The number of hydrogen-bond donors (Lipinski definition) is 2. The van der Waals surface area contributed by atoms with Crippen molar-refractivity contribution in [1.29, 1.82) is 0 Å². The molecular formula is C25H30F3NO5. The molecule has 34 heavy (non-hydrogen) atoms. The number of halogens is 3. The number of methoxy groups -OCH3 is 1. The number of carboxylic acid groups (broad SMARTS) is 1. The molecule has 2 aromatic carbocycles. The van der Waals surface area contributed by atoms with E-state index in [1.54, 1.807) is 24.3 Å². The Kier molecular flexibility index (Phi) is 10.2. The number of rotatable bonds is 8. The van der Waals surface area contributed by atoms with Crippen molar-refractivity contribution in [2.24, 2.45) is 11.8 Å². The summed E-state index contributed by atoms with van der Waals surface area (Å²) in [4.78, 5) is 23.3. The number of carbonyl (C=O) groups excluding carboxylic acids is 1. The highest BCUT2D eigenvalue weighted by Gasteiger charge is 2.28. The van der Waals surface area contributed by atoms with E-state index in [9.17, 15) is 22.8 Å². The van der Waals surface area contributed by atoms with Crippen LogP contribution in [0, 0.1) is 29.3 Å². The summed E-state index contributed by atoms with van der Waals surface area (Å²) in [7, 11) is 1.50. The van der Waals surface area contributed by atoms with Gasteiger partial charge in [-0.05, 0) is 55.4 Å². The van der Waals surface area contributed by atoms with Crippen LogP contribution in [0.4, 0.5) is 13.2 Å². The average Bonchev–Trinajstić information content (AvgIpc) is 2.86. The normalized spacial score (nSPS) is 17.2. The minimum Gasteiger partial charge on any atom is -0.497 e. The Balaban J connectivity index is 0.00000199. The predicted molar refractivity (Wildman–Crippen MR) is 120 cm³/mol. The summed E-state index contributed by atoms with van der Waals surface area (Å²) in [5.74, 6) is -6.72. The van der Waals surface area contributed by atoms with Gasteiger partial charge in [-0.15, -0.1) is 0 Å². The topological polar surface area (TPSA) is 84.9 Å². The number of carboxylic acids is 1. The molecule has 1 saturated carbocycles. The van der Waals surface area contributed by atoms with Crippen molar-refractivity contribution in [1.82, 2.24) is 5.32 Å². The lowest BCUT2D eigenvalue weighted by Gasteiger charge is -2.26. The van der Waals surface area contributed by atoms with Crippen LogP contribution in [0.5, 0.6) is 11.5 Å². The largest absolute Gasteiger partial charge is 0.497 e. The highest BCUT2D eigenvalue weighted by Crippen LogP contribution is 2.30. The second-order valence-corrected chi connectivity index (χ2v) is 7.77. The van der Waals surface area contributed by atoms with E-state index in [4.69, 9.17) is 14.6 Å². The molecule has 3 rings (SSSR count). The SMILES string of the molecule is CC.COc1ccc(COc2c(F)cc(C(=O)NCC3CCC(C(=O)O)CC3)c(F)c2F)cc1. The number of ether oxygens (including phenoxy) is 2. The molecule has 9 heteroatoms. The van der Waals surface area contributed by atoms with Crippen LogP contribution in [0.1, 0.15) is 55.5 Å². The van der Waals surface area contributed by atoms with Gasteiger partial charge in [-0.25, -0.2) is 8.78 Å². The van der Waals surface area contributed by atoms with Crippen LogP contribution in [0.15, 0.2) is 30.3 Å². The Morgan fingerprint density at radius 2 is 1.65 bits per heavy atom. The van der Waals surface area contributed by atoms with E-state index in [0.29, 0.717) is 43.1 Å². The van der Waals surface area contributed by atoms with Crippen LogP contribution in [-0.4, -0.2) is 30.6 Å². The van der Waals surface area contributed by atoms with Crippen molar-refractivity contribution < 1.29 is 37.3 Å². The summed E-state index contributed by atoms with van der Waals surface area (Å²) in [5.41, 5.74) is -0.166. The molecule has 0 aliphatic heterocycles. The third-order valence-corrected chi connectivity index (χ3v) is 5.65. The predicted octanol–water partition coefficient (Wildman–Crippen LogP) is 5.34. The Bertz CT molecular complexity index is 974. The van der Waals surface area contributed by atoms with Gasteiger partial charge in [-0.1, -0.05) is 26.0 Å².